The van der Waals surface area contributed by atoms with E-state index in [9.17, 15) is 14.3 Å². The number of aryl methyl sites for hydroxylation is 1. The van der Waals surface area contributed by atoms with E-state index in [4.69, 9.17) is 0 Å². The van der Waals surface area contributed by atoms with Crippen LogP contribution in [-0.2, 0) is 0 Å². The fourth-order valence-corrected chi connectivity index (χ4v) is 2.94. The van der Waals surface area contributed by atoms with E-state index >= 15 is 0 Å². The second-order valence-corrected chi connectivity index (χ2v) is 5.86. The molecule has 0 bridgehead atoms. The van der Waals surface area contributed by atoms with Crippen LogP contribution >= 0.6 is 0 Å². The van der Waals surface area contributed by atoms with Gasteiger partial charge in [-0.25, -0.2) is 4.39 Å². The van der Waals surface area contributed by atoms with Gasteiger partial charge in [-0.2, -0.15) is 0 Å². The van der Waals surface area contributed by atoms with Crippen LogP contribution in [0.15, 0.2) is 18.2 Å². The third kappa shape index (κ3) is 3.37. The number of hydrogen-bond donors (Lipinski definition) is 2. The van der Waals surface area contributed by atoms with Gasteiger partial charge >= 0.3 is 0 Å². The Bertz CT molecular complexity index is 481. The highest BCUT2D eigenvalue weighted by molar-refractivity contribution is 5.95. The Labute approximate surface area is 119 Å². The highest BCUT2D eigenvalue weighted by Gasteiger charge is 2.31. The monoisotopic (exact) mass is 279 g/mol. The van der Waals surface area contributed by atoms with Crippen LogP contribution in [0.5, 0.6) is 0 Å². The summed E-state index contributed by atoms with van der Waals surface area (Å²) in [4.78, 5) is 12.2. The minimum atomic E-state index is -0.335. The average molecular weight is 279 g/mol. The summed E-state index contributed by atoms with van der Waals surface area (Å²) in [5.74, 6) is -0.529. The molecule has 1 saturated carbocycles. The Morgan fingerprint density at radius 1 is 1.35 bits per heavy atom. The normalized spacial score (nSPS) is 17.8. The van der Waals surface area contributed by atoms with Gasteiger partial charge in [0, 0.05) is 17.5 Å². The predicted molar refractivity (Wildman–Crippen MR) is 76.1 cm³/mol. The molecule has 0 heterocycles. The van der Waals surface area contributed by atoms with Crippen molar-refractivity contribution in [2.75, 3.05) is 13.2 Å². The first kappa shape index (κ1) is 15.0. The molecule has 1 aliphatic rings. The number of carbonyl (C=O) groups is 1. The molecule has 0 saturated heterocycles. The minimum absolute atomic E-state index is 0.107. The van der Waals surface area contributed by atoms with Crippen molar-refractivity contribution in [2.45, 2.75) is 39.0 Å². The number of benzene rings is 1. The Morgan fingerprint density at radius 3 is 2.65 bits per heavy atom. The van der Waals surface area contributed by atoms with E-state index in [1.54, 1.807) is 6.92 Å². The Balaban J connectivity index is 2.00. The van der Waals surface area contributed by atoms with Crippen molar-refractivity contribution in [2.24, 2.45) is 5.41 Å². The number of nitrogens with one attached hydrogen (secondary N) is 1. The van der Waals surface area contributed by atoms with Crippen molar-refractivity contribution in [3.8, 4) is 0 Å². The molecular formula is C16H22FNO2. The zero-order valence-electron chi connectivity index (χ0n) is 11.9. The van der Waals surface area contributed by atoms with Gasteiger partial charge in [0.15, 0.2) is 0 Å². The lowest BCUT2D eigenvalue weighted by molar-refractivity contribution is 0.0717. The van der Waals surface area contributed by atoms with Crippen LogP contribution in [0.1, 0.15) is 48.0 Å². The second kappa shape index (κ2) is 6.35. The van der Waals surface area contributed by atoms with Crippen LogP contribution in [0.2, 0.25) is 0 Å². The maximum Gasteiger partial charge on any atom is 0.251 e. The van der Waals surface area contributed by atoms with Gasteiger partial charge in [0.1, 0.15) is 5.82 Å². The fraction of sp³-hybridized carbons (Fsp3) is 0.562. The molecular weight excluding hydrogens is 257 g/mol. The smallest absolute Gasteiger partial charge is 0.251 e. The molecule has 0 radical (unpaired) electrons. The van der Waals surface area contributed by atoms with Crippen molar-refractivity contribution >= 4 is 5.91 Å². The van der Waals surface area contributed by atoms with Crippen LogP contribution in [0.4, 0.5) is 4.39 Å². The Hall–Kier alpha value is -1.42. The zero-order valence-corrected chi connectivity index (χ0v) is 11.9. The molecule has 0 spiro atoms. The highest BCUT2D eigenvalue weighted by atomic mass is 19.1. The van der Waals surface area contributed by atoms with E-state index in [-0.39, 0.29) is 23.7 Å². The van der Waals surface area contributed by atoms with E-state index in [0.29, 0.717) is 17.7 Å². The first-order chi connectivity index (χ1) is 9.56. The molecule has 1 aromatic rings. The van der Waals surface area contributed by atoms with Crippen LogP contribution < -0.4 is 5.32 Å². The summed E-state index contributed by atoms with van der Waals surface area (Å²) in [5.41, 5.74) is 0.946. The summed E-state index contributed by atoms with van der Waals surface area (Å²) in [6.07, 6.45) is 5.31. The first-order valence-corrected chi connectivity index (χ1v) is 7.22. The first-order valence-electron chi connectivity index (χ1n) is 7.22. The fourth-order valence-electron chi connectivity index (χ4n) is 2.94. The standard InChI is InChI=1S/C16H22FNO2/c1-12-9-13(17)5-6-14(12)15(20)18-10-16(11-19)7-3-2-4-8-16/h5-6,9,19H,2-4,7-8,10-11H2,1H3,(H,18,20). The molecule has 1 aliphatic carbocycles. The van der Waals surface area contributed by atoms with Gasteiger partial charge in [0.05, 0.1) is 6.61 Å². The average Bonchev–Trinajstić information content (AvgIpc) is 2.46. The minimum Gasteiger partial charge on any atom is -0.396 e. The molecule has 3 nitrogen and oxygen atoms in total. The number of rotatable bonds is 4. The van der Waals surface area contributed by atoms with E-state index in [1.165, 1.54) is 24.6 Å². The van der Waals surface area contributed by atoms with Crippen molar-refractivity contribution in [3.05, 3.63) is 35.1 Å². The molecule has 110 valence electrons. The molecule has 4 heteroatoms. The van der Waals surface area contributed by atoms with Crippen LogP contribution in [0.3, 0.4) is 0 Å². The summed E-state index contributed by atoms with van der Waals surface area (Å²) in [6, 6.07) is 4.16. The van der Waals surface area contributed by atoms with E-state index in [0.717, 1.165) is 25.7 Å². The lowest BCUT2D eigenvalue weighted by Gasteiger charge is -2.35. The van der Waals surface area contributed by atoms with Gasteiger partial charge in [-0.3, -0.25) is 4.79 Å². The van der Waals surface area contributed by atoms with Gasteiger partial charge in [0.25, 0.3) is 5.91 Å². The lowest BCUT2D eigenvalue weighted by atomic mass is 9.74. The molecule has 0 aliphatic heterocycles. The van der Waals surface area contributed by atoms with Gasteiger partial charge in [-0.1, -0.05) is 19.3 Å². The molecule has 2 rings (SSSR count). The van der Waals surface area contributed by atoms with Gasteiger partial charge in [-0.05, 0) is 43.5 Å². The van der Waals surface area contributed by atoms with Gasteiger partial charge < -0.3 is 10.4 Å². The second-order valence-electron chi connectivity index (χ2n) is 5.86. The van der Waals surface area contributed by atoms with Gasteiger partial charge in [-0.15, -0.1) is 0 Å². The molecule has 2 N–H and O–H groups in total. The number of halogens is 1. The maximum atomic E-state index is 13.0. The van der Waals surface area contributed by atoms with Crippen molar-refractivity contribution in [1.82, 2.24) is 5.32 Å². The van der Waals surface area contributed by atoms with Crippen LogP contribution in [-0.4, -0.2) is 24.2 Å². The quantitative estimate of drug-likeness (QED) is 0.890. The summed E-state index contributed by atoms with van der Waals surface area (Å²) < 4.78 is 13.0. The topological polar surface area (TPSA) is 49.3 Å². The highest BCUT2D eigenvalue weighted by Crippen LogP contribution is 2.35. The van der Waals surface area contributed by atoms with E-state index in [2.05, 4.69) is 5.32 Å². The summed E-state index contributed by atoms with van der Waals surface area (Å²) in [5, 5.41) is 12.5. The molecule has 1 fully saturated rings. The van der Waals surface area contributed by atoms with Gasteiger partial charge in [0.2, 0.25) is 0 Å². The van der Waals surface area contributed by atoms with E-state index < -0.39 is 0 Å². The Kier molecular flexibility index (Phi) is 4.76. The van der Waals surface area contributed by atoms with Crippen LogP contribution in [0.25, 0.3) is 0 Å². The third-order valence-corrected chi connectivity index (χ3v) is 4.31. The summed E-state index contributed by atoms with van der Waals surface area (Å²) in [7, 11) is 0. The number of aliphatic hydroxyl groups is 1. The number of hydrogen-bond acceptors (Lipinski definition) is 2. The number of carbonyl (C=O) groups excluding carboxylic acids is 1. The van der Waals surface area contributed by atoms with Crippen molar-refractivity contribution in [3.63, 3.8) is 0 Å². The summed E-state index contributed by atoms with van der Waals surface area (Å²) in [6.45, 7) is 2.31. The molecule has 1 amide bonds. The largest absolute Gasteiger partial charge is 0.396 e. The van der Waals surface area contributed by atoms with Crippen molar-refractivity contribution in [1.29, 1.82) is 0 Å². The van der Waals surface area contributed by atoms with E-state index in [1.807, 2.05) is 0 Å². The number of aliphatic hydroxyl groups excluding tert-OH is 1. The summed E-state index contributed by atoms with van der Waals surface area (Å²) >= 11 is 0. The lowest BCUT2D eigenvalue weighted by Crippen LogP contribution is -2.41. The molecule has 0 atom stereocenters. The predicted octanol–water partition coefficient (Wildman–Crippen LogP) is 2.81. The SMILES string of the molecule is Cc1cc(F)ccc1C(=O)NCC1(CO)CCCCC1. The Morgan fingerprint density at radius 2 is 2.05 bits per heavy atom. The van der Waals surface area contributed by atoms with Crippen molar-refractivity contribution < 1.29 is 14.3 Å². The van der Waals surface area contributed by atoms with Crippen LogP contribution in [0, 0.1) is 18.2 Å². The molecule has 20 heavy (non-hydrogen) atoms. The maximum absolute atomic E-state index is 13.0. The molecule has 0 unspecified atom stereocenters. The molecule has 1 aromatic carbocycles. The number of amides is 1. The molecule has 0 aromatic heterocycles. The zero-order chi connectivity index (χ0) is 14.6. The third-order valence-electron chi connectivity index (χ3n) is 4.31.